The average Bonchev–Trinajstić information content (AvgIpc) is 3.08. The molecule has 0 aliphatic heterocycles. The second-order valence-corrected chi connectivity index (χ2v) is 8.61. The fourth-order valence-corrected chi connectivity index (χ4v) is 3.57. The zero-order valence-electron chi connectivity index (χ0n) is 17.3. The number of nitrogens with zero attached hydrogens (tertiary/aromatic N) is 3. The van der Waals surface area contributed by atoms with Crippen molar-refractivity contribution < 1.29 is 13.9 Å². The van der Waals surface area contributed by atoms with Crippen molar-refractivity contribution in [2.24, 2.45) is 0 Å². The highest BCUT2D eigenvalue weighted by Gasteiger charge is 2.38. The zero-order valence-corrected chi connectivity index (χ0v) is 17.3. The minimum atomic E-state index is -0.425. The van der Waals surface area contributed by atoms with Gasteiger partial charge in [0.2, 0.25) is 0 Å². The molecule has 2 aromatic carbocycles. The van der Waals surface area contributed by atoms with E-state index in [1.54, 1.807) is 22.8 Å². The van der Waals surface area contributed by atoms with E-state index in [9.17, 15) is 9.18 Å². The Hall–Kier alpha value is -3.22. The van der Waals surface area contributed by atoms with Crippen LogP contribution in [0.3, 0.4) is 0 Å². The number of nitrogens with one attached hydrogen (secondary N) is 1. The van der Waals surface area contributed by atoms with E-state index in [0.717, 1.165) is 5.56 Å². The Bertz CT molecular complexity index is 1040. The SMILES string of the molecule is CC(C)(C)NC(=O)OC1CC(c2nnc(-c3ccccc3)n2-c2ccccc2F)C1. The van der Waals surface area contributed by atoms with Gasteiger partial charge in [-0.2, -0.15) is 0 Å². The van der Waals surface area contributed by atoms with Crippen molar-refractivity contribution in [3.63, 3.8) is 0 Å². The number of ether oxygens (including phenoxy) is 1. The van der Waals surface area contributed by atoms with Crippen LogP contribution in [0.1, 0.15) is 45.4 Å². The van der Waals surface area contributed by atoms with Crippen LogP contribution in [-0.2, 0) is 4.74 Å². The smallest absolute Gasteiger partial charge is 0.407 e. The molecule has 6 nitrogen and oxygen atoms in total. The summed E-state index contributed by atoms with van der Waals surface area (Å²) in [4.78, 5) is 12.0. The van der Waals surface area contributed by atoms with E-state index in [0.29, 0.717) is 30.2 Å². The third-order valence-electron chi connectivity index (χ3n) is 5.02. The van der Waals surface area contributed by atoms with Crippen LogP contribution in [-0.4, -0.2) is 32.5 Å². The van der Waals surface area contributed by atoms with Gasteiger partial charge in [0.05, 0.1) is 5.69 Å². The van der Waals surface area contributed by atoms with Crippen LogP contribution < -0.4 is 5.32 Å². The summed E-state index contributed by atoms with van der Waals surface area (Å²) in [6.07, 6.45) is 0.632. The molecule has 0 bridgehead atoms. The van der Waals surface area contributed by atoms with Gasteiger partial charge in [0, 0.05) is 17.0 Å². The maximum absolute atomic E-state index is 14.7. The molecule has 0 atom stereocenters. The lowest BCUT2D eigenvalue weighted by molar-refractivity contribution is 0.0336. The van der Waals surface area contributed by atoms with Crippen molar-refractivity contribution >= 4 is 6.09 Å². The number of aromatic nitrogens is 3. The first-order valence-corrected chi connectivity index (χ1v) is 10.1. The van der Waals surface area contributed by atoms with Gasteiger partial charge in [-0.25, -0.2) is 9.18 Å². The van der Waals surface area contributed by atoms with Gasteiger partial charge in [-0.05, 0) is 45.7 Å². The number of benzene rings is 2. The highest BCUT2D eigenvalue weighted by molar-refractivity contribution is 5.68. The third-order valence-corrected chi connectivity index (χ3v) is 5.02. The Morgan fingerprint density at radius 1 is 1.07 bits per heavy atom. The topological polar surface area (TPSA) is 69.0 Å². The molecule has 0 spiro atoms. The molecule has 1 aromatic heterocycles. The van der Waals surface area contributed by atoms with Crippen LogP contribution in [0.15, 0.2) is 54.6 Å². The number of amides is 1. The Kier molecular flexibility index (Phi) is 5.28. The fourth-order valence-electron chi connectivity index (χ4n) is 3.57. The third kappa shape index (κ3) is 4.20. The van der Waals surface area contributed by atoms with E-state index in [1.807, 2.05) is 51.1 Å². The monoisotopic (exact) mass is 408 g/mol. The standard InChI is InChI=1S/C23H25FN4O2/c1-23(2,3)25-22(29)30-17-13-16(14-17)21-27-26-20(15-9-5-4-6-10-15)28(21)19-12-8-7-11-18(19)24/h4-12,16-17H,13-14H2,1-3H3,(H,25,29). The van der Waals surface area contributed by atoms with Gasteiger partial charge in [0.1, 0.15) is 17.7 Å². The number of carbonyl (C=O) groups is 1. The number of hydrogen-bond donors (Lipinski definition) is 1. The molecule has 7 heteroatoms. The van der Waals surface area contributed by atoms with E-state index in [2.05, 4.69) is 15.5 Å². The maximum Gasteiger partial charge on any atom is 0.407 e. The number of rotatable bonds is 4. The van der Waals surface area contributed by atoms with Gasteiger partial charge in [-0.15, -0.1) is 10.2 Å². The predicted octanol–water partition coefficient (Wildman–Crippen LogP) is 4.84. The van der Waals surface area contributed by atoms with Crippen molar-refractivity contribution in [2.75, 3.05) is 0 Å². The van der Waals surface area contributed by atoms with Crippen molar-refractivity contribution in [3.8, 4) is 17.1 Å². The summed E-state index contributed by atoms with van der Waals surface area (Å²) in [6.45, 7) is 5.71. The van der Waals surface area contributed by atoms with E-state index >= 15 is 0 Å². The molecule has 1 heterocycles. The molecule has 1 saturated carbocycles. The molecule has 1 fully saturated rings. The quantitative estimate of drug-likeness (QED) is 0.670. The first kappa shape index (κ1) is 20.1. The molecular weight excluding hydrogens is 383 g/mol. The summed E-state index contributed by atoms with van der Waals surface area (Å²) in [7, 11) is 0. The first-order chi connectivity index (χ1) is 14.3. The summed E-state index contributed by atoms with van der Waals surface area (Å²) in [5.41, 5.74) is 0.915. The number of hydrogen-bond acceptors (Lipinski definition) is 4. The normalized spacial score (nSPS) is 18.5. The fraction of sp³-hybridized carbons (Fsp3) is 0.348. The van der Waals surface area contributed by atoms with E-state index < -0.39 is 6.09 Å². The number of halogens is 1. The van der Waals surface area contributed by atoms with E-state index in [-0.39, 0.29) is 23.4 Å². The van der Waals surface area contributed by atoms with Crippen molar-refractivity contribution in [1.82, 2.24) is 20.1 Å². The Balaban J connectivity index is 1.59. The molecule has 1 amide bonds. The highest BCUT2D eigenvalue weighted by atomic mass is 19.1. The van der Waals surface area contributed by atoms with Crippen LogP contribution in [0.25, 0.3) is 17.1 Å². The van der Waals surface area contributed by atoms with Crippen LogP contribution in [0.4, 0.5) is 9.18 Å². The van der Waals surface area contributed by atoms with E-state index in [1.165, 1.54) is 6.07 Å². The minimum Gasteiger partial charge on any atom is -0.446 e. The lowest BCUT2D eigenvalue weighted by Crippen LogP contribution is -2.44. The first-order valence-electron chi connectivity index (χ1n) is 10.1. The summed E-state index contributed by atoms with van der Waals surface area (Å²) >= 11 is 0. The number of carbonyl (C=O) groups excluding carboxylic acids is 1. The molecule has 3 aromatic rings. The van der Waals surface area contributed by atoms with Gasteiger partial charge < -0.3 is 10.1 Å². The summed E-state index contributed by atoms with van der Waals surface area (Å²) in [5, 5.41) is 11.6. The summed E-state index contributed by atoms with van der Waals surface area (Å²) < 4.78 is 21.9. The summed E-state index contributed by atoms with van der Waals surface area (Å²) in [5.74, 6) is 0.954. The second kappa shape index (κ2) is 7.89. The molecule has 1 aliphatic rings. The summed E-state index contributed by atoms with van der Waals surface area (Å²) in [6, 6.07) is 16.2. The maximum atomic E-state index is 14.7. The molecule has 156 valence electrons. The van der Waals surface area contributed by atoms with Crippen LogP contribution in [0.5, 0.6) is 0 Å². The van der Waals surface area contributed by atoms with Gasteiger partial charge in [0.15, 0.2) is 5.82 Å². The second-order valence-electron chi connectivity index (χ2n) is 8.61. The van der Waals surface area contributed by atoms with Crippen molar-refractivity contribution in [3.05, 3.63) is 66.2 Å². The minimum absolute atomic E-state index is 0.0296. The average molecular weight is 408 g/mol. The van der Waals surface area contributed by atoms with Gasteiger partial charge in [0.25, 0.3) is 0 Å². The number of para-hydroxylation sites is 1. The van der Waals surface area contributed by atoms with E-state index in [4.69, 9.17) is 4.74 Å². The van der Waals surface area contributed by atoms with Crippen LogP contribution in [0.2, 0.25) is 0 Å². The molecule has 0 unspecified atom stereocenters. The molecule has 4 rings (SSSR count). The lowest BCUT2D eigenvalue weighted by atomic mass is 9.81. The van der Waals surface area contributed by atoms with Gasteiger partial charge >= 0.3 is 6.09 Å². The van der Waals surface area contributed by atoms with Crippen molar-refractivity contribution in [2.45, 2.75) is 51.2 Å². The molecule has 1 N–H and O–H groups in total. The highest BCUT2D eigenvalue weighted by Crippen LogP contribution is 2.40. The number of alkyl carbamates (subject to hydrolysis) is 1. The molecule has 0 radical (unpaired) electrons. The zero-order chi connectivity index (χ0) is 21.3. The lowest BCUT2D eigenvalue weighted by Gasteiger charge is -2.35. The largest absolute Gasteiger partial charge is 0.446 e. The molecule has 30 heavy (non-hydrogen) atoms. The van der Waals surface area contributed by atoms with Crippen LogP contribution in [0, 0.1) is 5.82 Å². The molecular formula is C23H25FN4O2. The van der Waals surface area contributed by atoms with Gasteiger partial charge in [-0.3, -0.25) is 4.57 Å². The Morgan fingerprint density at radius 2 is 1.73 bits per heavy atom. The Morgan fingerprint density at radius 3 is 2.40 bits per heavy atom. The molecule has 1 aliphatic carbocycles. The molecule has 0 saturated heterocycles. The van der Waals surface area contributed by atoms with Gasteiger partial charge in [-0.1, -0.05) is 42.5 Å². The predicted molar refractivity (Wildman–Crippen MR) is 112 cm³/mol. The Labute approximate surface area is 175 Å². The van der Waals surface area contributed by atoms with Crippen molar-refractivity contribution in [1.29, 1.82) is 0 Å². The van der Waals surface area contributed by atoms with Crippen LogP contribution >= 0.6 is 0 Å².